The van der Waals surface area contributed by atoms with Gasteiger partial charge in [0, 0.05) is 11.3 Å². The van der Waals surface area contributed by atoms with Crippen LogP contribution in [0.1, 0.15) is 19.4 Å². The molecule has 0 fully saturated rings. The fourth-order valence-electron chi connectivity index (χ4n) is 2.26. The number of benzene rings is 2. The number of amides is 1. The Morgan fingerprint density at radius 2 is 1.85 bits per heavy atom. The van der Waals surface area contributed by atoms with E-state index in [4.69, 9.17) is 14.2 Å². The number of anilines is 1. The number of rotatable bonds is 9. The molecule has 0 atom stereocenters. The number of ether oxygens (including phenoxy) is 3. The van der Waals surface area contributed by atoms with Crippen molar-refractivity contribution in [1.82, 2.24) is 5.43 Å². The second-order valence-electron chi connectivity index (χ2n) is 5.92. The normalized spacial score (nSPS) is 10.7. The zero-order chi connectivity index (χ0) is 19.6. The zero-order valence-electron chi connectivity index (χ0n) is 16.0. The number of para-hydroxylation sites is 1. The third-order valence-corrected chi connectivity index (χ3v) is 3.52. The van der Waals surface area contributed by atoms with E-state index in [1.165, 1.54) is 6.21 Å². The van der Waals surface area contributed by atoms with Crippen LogP contribution in [0.4, 0.5) is 5.69 Å². The Bertz CT molecular complexity index is 773. The standard InChI is InChI=1S/C20H25N3O4/c1-14(2)27-20-15(6-5-7-18(20)26-4)12-22-23-19(24)13-21-16-8-10-17(25-3)11-9-16/h5-12,14,21H,13H2,1-4H3,(H,23,24)/b22-12-. The van der Waals surface area contributed by atoms with Gasteiger partial charge in [-0.05, 0) is 50.2 Å². The Balaban J connectivity index is 1.93. The maximum atomic E-state index is 11.9. The highest BCUT2D eigenvalue weighted by atomic mass is 16.5. The van der Waals surface area contributed by atoms with E-state index in [0.29, 0.717) is 17.1 Å². The van der Waals surface area contributed by atoms with Crippen molar-refractivity contribution in [3.05, 3.63) is 48.0 Å². The molecule has 7 nitrogen and oxygen atoms in total. The Kier molecular flexibility index (Phi) is 7.49. The van der Waals surface area contributed by atoms with E-state index in [0.717, 1.165) is 11.4 Å². The maximum absolute atomic E-state index is 11.9. The topological polar surface area (TPSA) is 81.2 Å². The van der Waals surface area contributed by atoms with Gasteiger partial charge in [0.2, 0.25) is 0 Å². The molecule has 1 amide bonds. The number of nitrogens with one attached hydrogen (secondary N) is 2. The van der Waals surface area contributed by atoms with Gasteiger partial charge in [-0.15, -0.1) is 0 Å². The predicted octanol–water partition coefficient (Wildman–Crippen LogP) is 3.05. The highest BCUT2D eigenvalue weighted by molar-refractivity contribution is 5.87. The first kappa shape index (κ1) is 20.1. The van der Waals surface area contributed by atoms with Crippen LogP contribution in [0.3, 0.4) is 0 Å². The minimum Gasteiger partial charge on any atom is -0.497 e. The predicted molar refractivity (Wildman–Crippen MR) is 106 cm³/mol. The molecule has 2 rings (SSSR count). The van der Waals surface area contributed by atoms with Crippen molar-refractivity contribution < 1.29 is 19.0 Å². The number of hydrogen-bond donors (Lipinski definition) is 2. The average molecular weight is 371 g/mol. The van der Waals surface area contributed by atoms with Crippen LogP contribution < -0.4 is 25.0 Å². The molecule has 0 radical (unpaired) electrons. The van der Waals surface area contributed by atoms with Gasteiger partial charge in [-0.25, -0.2) is 5.43 Å². The smallest absolute Gasteiger partial charge is 0.259 e. The SMILES string of the molecule is COc1ccc(NCC(=O)N/N=C\c2cccc(OC)c2OC(C)C)cc1. The summed E-state index contributed by atoms with van der Waals surface area (Å²) in [6, 6.07) is 12.8. The summed E-state index contributed by atoms with van der Waals surface area (Å²) in [6.45, 7) is 3.96. The molecule has 0 saturated heterocycles. The molecule has 0 aromatic heterocycles. The summed E-state index contributed by atoms with van der Waals surface area (Å²) in [6.07, 6.45) is 1.52. The minimum atomic E-state index is -0.267. The second kappa shape index (κ2) is 10.1. The molecule has 0 spiro atoms. The van der Waals surface area contributed by atoms with Crippen molar-refractivity contribution in [2.24, 2.45) is 5.10 Å². The van der Waals surface area contributed by atoms with Crippen molar-refractivity contribution in [2.75, 3.05) is 26.1 Å². The molecule has 0 unspecified atom stereocenters. The van der Waals surface area contributed by atoms with Crippen LogP contribution >= 0.6 is 0 Å². The van der Waals surface area contributed by atoms with E-state index >= 15 is 0 Å². The van der Waals surface area contributed by atoms with E-state index < -0.39 is 0 Å². The second-order valence-corrected chi connectivity index (χ2v) is 5.92. The first-order valence-corrected chi connectivity index (χ1v) is 8.57. The number of carbonyl (C=O) groups excluding carboxylic acids is 1. The molecule has 0 heterocycles. The fraction of sp³-hybridized carbons (Fsp3) is 0.300. The fourth-order valence-corrected chi connectivity index (χ4v) is 2.26. The Morgan fingerprint density at radius 3 is 2.48 bits per heavy atom. The Labute approximate surface area is 159 Å². The van der Waals surface area contributed by atoms with Crippen LogP contribution in [-0.4, -0.2) is 39.0 Å². The van der Waals surface area contributed by atoms with Gasteiger partial charge in [0.05, 0.1) is 33.1 Å². The lowest BCUT2D eigenvalue weighted by Gasteiger charge is -2.15. The average Bonchev–Trinajstić information content (AvgIpc) is 2.67. The molecule has 0 saturated carbocycles. The largest absolute Gasteiger partial charge is 0.497 e. The molecule has 2 N–H and O–H groups in total. The summed E-state index contributed by atoms with van der Waals surface area (Å²) in [5, 5.41) is 7.02. The molecule has 0 aliphatic heterocycles. The number of methoxy groups -OCH3 is 2. The lowest BCUT2D eigenvalue weighted by Crippen LogP contribution is -2.25. The number of nitrogens with zero attached hydrogens (tertiary/aromatic N) is 1. The molecular weight excluding hydrogens is 346 g/mol. The number of carbonyl (C=O) groups is 1. The monoisotopic (exact) mass is 371 g/mol. The zero-order valence-corrected chi connectivity index (χ0v) is 16.0. The molecule has 0 bridgehead atoms. The van der Waals surface area contributed by atoms with E-state index in [1.807, 2.05) is 56.3 Å². The van der Waals surface area contributed by atoms with Crippen molar-refractivity contribution in [3.63, 3.8) is 0 Å². The summed E-state index contributed by atoms with van der Waals surface area (Å²) < 4.78 is 16.2. The molecule has 0 aliphatic carbocycles. The van der Waals surface area contributed by atoms with Gasteiger partial charge < -0.3 is 19.5 Å². The maximum Gasteiger partial charge on any atom is 0.259 e. The lowest BCUT2D eigenvalue weighted by molar-refractivity contribution is -0.119. The third-order valence-electron chi connectivity index (χ3n) is 3.52. The van der Waals surface area contributed by atoms with Crippen LogP contribution in [-0.2, 0) is 4.79 Å². The first-order valence-electron chi connectivity index (χ1n) is 8.57. The summed E-state index contributed by atoms with van der Waals surface area (Å²) in [5.41, 5.74) is 4.02. The van der Waals surface area contributed by atoms with E-state index in [2.05, 4.69) is 15.8 Å². The lowest BCUT2D eigenvalue weighted by atomic mass is 10.2. The van der Waals surface area contributed by atoms with Gasteiger partial charge in [0.25, 0.3) is 5.91 Å². The minimum absolute atomic E-state index is 0.0169. The van der Waals surface area contributed by atoms with Gasteiger partial charge in [0.15, 0.2) is 11.5 Å². The molecule has 2 aromatic rings. The molecule has 2 aromatic carbocycles. The molecular formula is C20H25N3O4. The summed E-state index contributed by atoms with van der Waals surface area (Å²) >= 11 is 0. The van der Waals surface area contributed by atoms with Gasteiger partial charge >= 0.3 is 0 Å². The summed E-state index contributed by atoms with van der Waals surface area (Å²) in [5.74, 6) is 1.69. The van der Waals surface area contributed by atoms with Crippen molar-refractivity contribution >= 4 is 17.8 Å². The van der Waals surface area contributed by atoms with Crippen molar-refractivity contribution in [2.45, 2.75) is 20.0 Å². The quantitative estimate of drug-likeness (QED) is 0.523. The summed E-state index contributed by atoms with van der Waals surface area (Å²) in [4.78, 5) is 11.9. The summed E-state index contributed by atoms with van der Waals surface area (Å²) in [7, 11) is 3.18. The van der Waals surface area contributed by atoms with Crippen LogP contribution in [0.2, 0.25) is 0 Å². The van der Waals surface area contributed by atoms with Gasteiger partial charge in [-0.3, -0.25) is 4.79 Å². The van der Waals surface area contributed by atoms with Gasteiger partial charge in [0.1, 0.15) is 5.75 Å². The van der Waals surface area contributed by atoms with E-state index in [1.54, 1.807) is 14.2 Å². The number of hydrazone groups is 1. The van der Waals surface area contributed by atoms with Crippen molar-refractivity contribution in [3.8, 4) is 17.2 Å². The molecule has 144 valence electrons. The van der Waals surface area contributed by atoms with Crippen molar-refractivity contribution in [1.29, 1.82) is 0 Å². The van der Waals surface area contributed by atoms with Gasteiger partial charge in [-0.2, -0.15) is 5.10 Å². The molecule has 7 heteroatoms. The molecule has 27 heavy (non-hydrogen) atoms. The van der Waals surface area contributed by atoms with Gasteiger partial charge in [-0.1, -0.05) is 6.07 Å². The van der Waals surface area contributed by atoms with Crippen LogP contribution in [0.15, 0.2) is 47.6 Å². The Hall–Kier alpha value is -3.22. The van der Waals surface area contributed by atoms with E-state index in [-0.39, 0.29) is 18.6 Å². The van der Waals surface area contributed by atoms with Crippen LogP contribution in [0.25, 0.3) is 0 Å². The number of hydrogen-bond acceptors (Lipinski definition) is 6. The third kappa shape index (κ3) is 6.22. The molecule has 0 aliphatic rings. The Morgan fingerprint density at radius 1 is 1.11 bits per heavy atom. The first-order chi connectivity index (χ1) is 13.0. The van der Waals surface area contributed by atoms with Crippen LogP contribution in [0, 0.1) is 0 Å². The highest BCUT2D eigenvalue weighted by Gasteiger charge is 2.11. The highest BCUT2D eigenvalue weighted by Crippen LogP contribution is 2.30. The van der Waals surface area contributed by atoms with Crippen LogP contribution in [0.5, 0.6) is 17.2 Å². The van der Waals surface area contributed by atoms with E-state index in [9.17, 15) is 4.79 Å².